The van der Waals surface area contributed by atoms with Crippen LogP contribution in [0, 0.1) is 11.8 Å². The second-order valence-corrected chi connectivity index (χ2v) is 6.42. The van der Waals surface area contributed by atoms with Crippen LogP contribution >= 0.6 is 0 Å². The molecule has 0 radical (unpaired) electrons. The molecule has 0 aliphatic heterocycles. The third kappa shape index (κ3) is 2.31. The Balaban J connectivity index is 1.89. The number of aliphatic hydroxyl groups is 1. The first-order valence-corrected chi connectivity index (χ1v) is 7.79. The highest BCUT2D eigenvalue weighted by Crippen LogP contribution is 2.48. The van der Waals surface area contributed by atoms with E-state index in [4.69, 9.17) is 0 Å². The second kappa shape index (κ2) is 5.23. The van der Waals surface area contributed by atoms with Gasteiger partial charge in [0.05, 0.1) is 11.9 Å². The Labute approximate surface area is 115 Å². The summed E-state index contributed by atoms with van der Waals surface area (Å²) in [6.07, 6.45) is 12.8. The molecular weight excluding hydrogens is 238 g/mol. The summed E-state index contributed by atoms with van der Waals surface area (Å²) in [5, 5.41) is 19.3. The summed E-state index contributed by atoms with van der Waals surface area (Å²) in [5.41, 5.74) is 0.223. The molecule has 1 aromatic rings. The Morgan fingerprint density at radius 2 is 1.89 bits per heavy atom. The lowest BCUT2D eigenvalue weighted by atomic mass is 9.64. The summed E-state index contributed by atoms with van der Waals surface area (Å²) >= 11 is 0. The molecule has 106 valence electrons. The van der Waals surface area contributed by atoms with Crippen molar-refractivity contribution in [3.63, 3.8) is 0 Å². The van der Waals surface area contributed by atoms with Gasteiger partial charge in [-0.25, -0.2) is 4.68 Å². The Morgan fingerprint density at radius 1 is 1.16 bits per heavy atom. The minimum Gasteiger partial charge on any atom is -0.383 e. The fourth-order valence-electron chi connectivity index (χ4n) is 4.34. The van der Waals surface area contributed by atoms with Crippen molar-refractivity contribution in [3.8, 4) is 0 Å². The van der Waals surface area contributed by atoms with Crippen LogP contribution in [0.3, 0.4) is 0 Å². The Kier molecular flexibility index (Phi) is 3.61. The van der Waals surface area contributed by atoms with E-state index >= 15 is 0 Å². The van der Waals surface area contributed by atoms with Crippen molar-refractivity contribution >= 4 is 0 Å². The van der Waals surface area contributed by atoms with Crippen LogP contribution in [-0.4, -0.2) is 20.1 Å². The van der Waals surface area contributed by atoms with Crippen LogP contribution in [0.1, 0.15) is 63.5 Å². The molecule has 2 saturated carbocycles. The zero-order valence-electron chi connectivity index (χ0n) is 11.9. The van der Waals surface area contributed by atoms with Crippen LogP contribution in [-0.2, 0) is 12.6 Å². The molecule has 4 heteroatoms. The first-order valence-electron chi connectivity index (χ1n) is 7.79. The predicted molar refractivity (Wildman–Crippen MR) is 73.4 cm³/mol. The van der Waals surface area contributed by atoms with Crippen molar-refractivity contribution in [2.45, 2.75) is 63.4 Å². The topological polar surface area (TPSA) is 50.9 Å². The molecule has 0 bridgehead atoms. The minimum absolute atomic E-state index is 0.402. The molecule has 2 aliphatic rings. The van der Waals surface area contributed by atoms with Gasteiger partial charge in [-0.1, -0.05) is 50.2 Å². The number of nitrogens with zero attached hydrogens (tertiary/aromatic N) is 3. The van der Waals surface area contributed by atoms with E-state index in [1.165, 1.54) is 38.5 Å². The molecule has 4 nitrogen and oxygen atoms in total. The maximum absolute atomic E-state index is 11.3. The Bertz CT molecular complexity index is 425. The van der Waals surface area contributed by atoms with Gasteiger partial charge in [0.2, 0.25) is 0 Å². The van der Waals surface area contributed by atoms with Crippen molar-refractivity contribution < 1.29 is 5.11 Å². The van der Waals surface area contributed by atoms with E-state index in [9.17, 15) is 5.11 Å². The molecule has 1 N–H and O–H groups in total. The van der Waals surface area contributed by atoms with E-state index in [0.29, 0.717) is 11.8 Å². The first-order chi connectivity index (χ1) is 9.22. The highest BCUT2D eigenvalue weighted by Gasteiger charge is 2.46. The van der Waals surface area contributed by atoms with Crippen molar-refractivity contribution in [2.75, 3.05) is 0 Å². The fraction of sp³-hybridized carbons (Fsp3) is 0.867. The zero-order valence-corrected chi connectivity index (χ0v) is 11.9. The number of aromatic nitrogens is 3. The monoisotopic (exact) mass is 263 g/mol. The quantitative estimate of drug-likeness (QED) is 0.892. The maximum atomic E-state index is 11.3. The summed E-state index contributed by atoms with van der Waals surface area (Å²) < 4.78 is 1.77. The van der Waals surface area contributed by atoms with Gasteiger partial charge >= 0.3 is 0 Å². The van der Waals surface area contributed by atoms with Crippen LogP contribution in [0.25, 0.3) is 0 Å². The van der Waals surface area contributed by atoms with Crippen LogP contribution < -0.4 is 0 Å². The number of rotatable bonds is 2. The summed E-state index contributed by atoms with van der Waals surface area (Å²) in [5.74, 6) is 1.09. The molecule has 0 aromatic carbocycles. The van der Waals surface area contributed by atoms with Gasteiger partial charge in [0.1, 0.15) is 5.60 Å². The molecular formula is C15H25N3O. The van der Waals surface area contributed by atoms with Crippen molar-refractivity contribution in [3.05, 3.63) is 11.9 Å². The van der Waals surface area contributed by atoms with Gasteiger partial charge in [-0.3, -0.25) is 0 Å². The number of aryl methyl sites for hydroxylation is 1. The van der Waals surface area contributed by atoms with Gasteiger partial charge in [-0.15, -0.1) is 5.10 Å². The number of hydrogen-bond acceptors (Lipinski definition) is 3. The summed E-state index contributed by atoms with van der Waals surface area (Å²) in [6.45, 7) is 0. The summed E-state index contributed by atoms with van der Waals surface area (Å²) in [4.78, 5) is 0. The largest absolute Gasteiger partial charge is 0.383 e. The molecule has 2 aliphatic carbocycles. The van der Waals surface area contributed by atoms with Crippen LogP contribution in [0.2, 0.25) is 0 Å². The molecule has 3 rings (SSSR count). The van der Waals surface area contributed by atoms with Crippen LogP contribution in [0.15, 0.2) is 6.20 Å². The molecule has 2 atom stereocenters. The van der Waals surface area contributed by atoms with Crippen molar-refractivity contribution in [1.29, 1.82) is 0 Å². The van der Waals surface area contributed by atoms with E-state index in [0.717, 1.165) is 25.0 Å². The highest BCUT2D eigenvalue weighted by molar-refractivity contribution is 5.12. The highest BCUT2D eigenvalue weighted by atomic mass is 16.3. The zero-order chi connectivity index (χ0) is 13.3. The lowest BCUT2D eigenvalue weighted by Crippen LogP contribution is -2.43. The van der Waals surface area contributed by atoms with Crippen molar-refractivity contribution in [2.24, 2.45) is 18.9 Å². The molecule has 1 heterocycles. The fourth-order valence-corrected chi connectivity index (χ4v) is 4.34. The molecule has 0 amide bonds. The van der Waals surface area contributed by atoms with Gasteiger partial charge in [-0.2, -0.15) is 0 Å². The lowest BCUT2D eigenvalue weighted by molar-refractivity contribution is -0.0889. The first kappa shape index (κ1) is 13.1. The molecule has 1 aromatic heterocycles. The Hall–Kier alpha value is -0.900. The van der Waals surface area contributed by atoms with E-state index in [1.54, 1.807) is 10.9 Å². The number of hydrogen-bond donors (Lipinski definition) is 1. The van der Waals surface area contributed by atoms with Gasteiger partial charge in [0.15, 0.2) is 0 Å². The Morgan fingerprint density at radius 3 is 2.58 bits per heavy atom. The summed E-state index contributed by atoms with van der Waals surface area (Å²) in [7, 11) is 1.90. The van der Waals surface area contributed by atoms with Crippen molar-refractivity contribution in [1.82, 2.24) is 15.0 Å². The smallest absolute Gasteiger partial charge is 0.111 e. The predicted octanol–water partition coefficient (Wildman–Crippen LogP) is 2.77. The summed E-state index contributed by atoms with van der Waals surface area (Å²) in [6, 6.07) is 0. The van der Waals surface area contributed by atoms with Gasteiger partial charge < -0.3 is 5.11 Å². The third-order valence-corrected chi connectivity index (χ3v) is 5.31. The van der Waals surface area contributed by atoms with Crippen LogP contribution in [0.5, 0.6) is 0 Å². The molecule has 2 unspecified atom stereocenters. The van der Waals surface area contributed by atoms with Gasteiger partial charge in [0.25, 0.3) is 0 Å². The molecule has 2 fully saturated rings. The van der Waals surface area contributed by atoms with E-state index in [-0.39, 0.29) is 0 Å². The van der Waals surface area contributed by atoms with Crippen LogP contribution in [0.4, 0.5) is 0 Å². The van der Waals surface area contributed by atoms with Gasteiger partial charge in [-0.05, 0) is 24.7 Å². The SMILES string of the molecule is Cn1nncc1C1(O)CCCCC1C1CCCCC1. The standard InChI is InChI=1S/C15H25N3O/c1-18-14(11-16-17-18)15(19)10-6-5-9-13(15)12-7-3-2-4-8-12/h11-13,19H,2-10H2,1H3. The third-order valence-electron chi connectivity index (χ3n) is 5.31. The molecule has 0 saturated heterocycles. The average Bonchev–Trinajstić information content (AvgIpc) is 2.87. The normalized spacial score (nSPS) is 33.5. The van der Waals surface area contributed by atoms with E-state index in [2.05, 4.69) is 10.3 Å². The van der Waals surface area contributed by atoms with E-state index < -0.39 is 5.60 Å². The van der Waals surface area contributed by atoms with E-state index in [1.807, 2.05) is 7.05 Å². The average molecular weight is 263 g/mol. The molecule has 0 spiro atoms. The molecule has 19 heavy (non-hydrogen) atoms. The maximum Gasteiger partial charge on any atom is 0.111 e. The lowest BCUT2D eigenvalue weighted by Gasteiger charge is -2.45. The minimum atomic E-state index is -0.696. The van der Waals surface area contributed by atoms with Gasteiger partial charge in [0, 0.05) is 7.05 Å². The second-order valence-electron chi connectivity index (χ2n) is 6.42.